The van der Waals surface area contributed by atoms with E-state index in [0.717, 1.165) is 6.54 Å². The molecule has 1 unspecified atom stereocenters. The van der Waals surface area contributed by atoms with Gasteiger partial charge in [0.05, 0.1) is 5.60 Å². The van der Waals surface area contributed by atoms with Crippen molar-refractivity contribution in [1.29, 1.82) is 0 Å². The second kappa shape index (κ2) is 4.19. The molecule has 0 aliphatic heterocycles. The highest BCUT2D eigenvalue weighted by atomic mass is 16.3. The fourth-order valence-corrected chi connectivity index (χ4v) is 1.84. The summed E-state index contributed by atoms with van der Waals surface area (Å²) in [5.74, 6) is 0. The molecule has 1 aliphatic carbocycles. The first kappa shape index (κ1) is 12.0. The second-order valence-corrected chi connectivity index (χ2v) is 5.51. The van der Waals surface area contributed by atoms with Crippen LogP contribution in [0.15, 0.2) is 0 Å². The Hall–Kier alpha value is -0.0800. The van der Waals surface area contributed by atoms with Gasteiger partial charge in [-0.1, -0.05) is 13.3 Å². The zero-order chi connectivity index (χ0) is 10.8. The summed E-state index contributed by atoms with van der Waals surface area (Å²) < 4.78 is 0. The fourth-order valence-electron chi connectivity index (χ4n) is 1.84. The first-order chi connectivity index (χ1) is 6.40. The van der Waals surface area contributed by atoms with Crippen molar-refractivity contribution in [3.63, 3.8) is 0 Å². The topological polar surface area (TPSA) is 32.3 Å². The van der Waals surface area contributed by atoms with Gasteiger partial charge in [-0.05, 0) is 45.4 Å². The van der Waals surface area contributed by atoms with Crippen LogP contribution in [0.5, 0.6) is 0 Å². The highest BCUT2D eigenvalue weighted by Crippen LogP contribution is 2.49. The summed E-state index contributed by atoms with van der Waals surface area (Å²) in [6.45, 7) is 9.11. The summed E-state index contributed by atoms with van der Waals surface area (Å²) in [7, 11) is 0. The van der Waals surface area contributed by atoms with Crippen LogP contribution in [0.25, 0.3) is 0 Å². The molecule has 2 heteroatoms. The highest BCUT2D eigenvalue weighted by Gasteiger charge is 2.41. The van der Waals surface area contributed by atoms with Crippen LogP contribution in [0.3, 0.4) is 0 Å². The minimum atomic E-state index is -0.609. The standard InChI is InChI=1S/C12H25NO/c1-5-6-12(7-8-12)9-13-10(2)11(3,4)14/h10,13-14H,5-9H2,1-4H3. The molecule has 1 atom stereocenters. The van der Waals surface area contributed by atoms with E-state index in [1.807, 2.05) is 13.8 Å². The lowest BCUT2D eigenvalue weighted by molar-refractivity contribution is 0.0422. The Balaban J connectivity index is 2.27. The fraction of sp³-hybridized carbons (Fsp3) is 1.00. The van der Waals surface area contributed by atoms with Crippen LogP contribution in [-0.4, -0.2) is 23.3 Å². The van der Waals surface area contributed by atoms with Crippen LogP contribution in [0.4, 0.5) is 0 Å². The molecule has 0 radical (unpaired) electrons. The molecule has 1 saturated carbocycles. The molecular formula is C12H25NO. The van der Waals surface area contributed by atoms with Crippen molar-refractivity contribution >= 4 is 0 Å². The summed E-state index contributed by atoms with van der Waals surface area (Å²) in [6.07, 6.45) is 5.34. The number of nitrogens with one attached hydrogen (secondary N) is 1. The quantitative estimate of drug-likeness (QED) is 0.688. The van der Waals surface area contributed by atoms with E-state index in [2.05, 4.69) is 19.2 Å². The van der Waals surface area contributed by atoms with Crippen molar-refractivity contribution < 1.29 is 5.11 Å². The lowest BCUT2D eigenvalue weighted by atomic mass is 9.97. The summed E-state index contributed by atoms with van der Waals surface area (Å²) >= 11 is 0. The van der Waals surface area contributed by atoms with Gasteiger partial charge in [-0.15, -0.1) is 0 Å². The first-order valence-electron chi connectivity index (χ1n) is 5.85. The summed E-state index contributed by atoms with van der Waals surface area (Å²) in [6, 6.07) is 0.178. The zero-order valence-electron chi connectivity index (χ0n) is 10.1. The van der Waals surface area contributed by atoms with Crippen molar-refractivity contribution in [3.05, 3.63) is 0 Å². The van der Waals surface area contributed by atoms with E-state index < -0.39 is 5.60 Å². The molecule has 2 nitrogen and oxygen atoms in total. The molecule has 84 valence electrons. The van der Waals surface area contributed by atoms with Gasteiger partial charge in [-0.3, -0.25) is 0 Å². The van der Waals surface area contributed by atoms with E-state index >= 15 is 0 Å². The number of hydrogen-bond acceptors (Lipinski definition) is 2. The predicted molar refractivity (Wildman–Crippen MR) is 60.3 cm³/mol. The summed E-state index contributed by atoms with van der Waals surface area (Å²) in [5.41, 5.74) is -0.0312. The summed E-state index contributed by atoms with van der Waals surface area (Å²) in [4.78, 5) is 0. The number of aliphatic hydroxyl groups is 1. The lowest BCUT2D eigenvalue weighted by Crippen LogP contribution is -2.46. The van der Waals surface area contributed by atoms with Crippen LogP contribution < -0.4 is 5.32 Å². The van der Waals surface area contributed by atoms with Crippen molar-refractivity contribution in [2.45, 2.75) is 65.0 Å². The molecule has 1 aliphatic rings. The van der Waals surface area contributed by atoms with Gasteiger partial charge in [-0.2, -0.15) is 0 Å². The van der Waals surface area contributed by atoms with Gasteiger partial charge in [0.15, 0.2) is 0 Å². The minimum Gasteiger partial charge on any atom is -0.389 e. The monoisotopic (exact) mass is 199 g/mol. The Bertz CT molecular complexity index is 179. The van der Waals surface area contributed by atoms with Crippen LogP contribution in [0, 0.1) is 5.41 Å². The Morgan fingerprint density at radius 1 is 1.43 bits per heavy atom. The van der Waals surface area contributed by atoms with Gasteiger partial charge < -0.3 is 10.4 Å². The van der Waals surface area contributed by atoms with Crippen LogP contribution in [-0.2, 0) is 0 Å². The summed E-state index contributed by atoms with van der Waals surface area (Å²) in [5, 5.41) is 13.2. The molecule has 0 aromatic heterocycles. The van der Waals surface area contributed by atoms with E-state index in [1.165, 1.54) is 25.7 Å². The molecule has 0 bridgehead atoms. The molecule has 1 rings (SSSR count). The highest BCUT2D eigenvalue weighted by molar-refractivity contribution is 4.95. The smallest absolute Gasteiger partial charge is 0.0741 e. The largest absolute Gasteiger partial charge is 0.389 e. The molecule has 0 spiro atoms. The SMILES string of the molecule is CCCC1(CNC(C)C(C)(C)O)CC1. The Morgan fingerprint density at radius 2 is 2.00 bits per heavy atom. The zero-order valence-corrected chi connectivity index (χ0v) is 10.1. The predicted octanol–water partition coefficient (Wildman–Crippen LogP) is 2.32. The minimum absolute atomic E-state index is 0.178. The van der Waals surface area contributed by atoms with E-state index in [1.54, 1.807) is 0 Å². The maximum Gasteiger partial charge on any atom is 0.0741 e. The maximum absolute atomic E-state index is 9.77. The first-order valence-corrected chi connectivity index (χ1v) is 5.85. The number of hydrogen-bond donors (Lipinski definition) is 2. The molecule has 1 fully saturated rings. The third-order valence-corrected chi connectivity index (χ3v) is 3.58. The molecule has 14 heavy (non-hydrogen) atoms. The van der Waals surface area contributed by atoms with Gasteiger partial charge in [-0.25, -0.2) is 0 Å². The van der Waals surface area contributed by atoms with Crippen LogP contribution >= 0.6 is 0 Å². The van der Waals surface area contributed by atoms with E-state index in [0.29, 0.717) is 5.41 Å². The van der Waals surface area contributed by atoms with Crippen molar-refractivity contribution in [1.82, 2.24) is 5.32 Å². The Labute approximate surface area is 88.1 Å². The molecule has 0 aromatic rings. The molecule has 0 amide bonds. The van der Waals surface area contributed by atoms with Crippen LogP contribution in [0.2, 0.25) is 0 Å². The Morgan fingerprint density at radius 3 is 2.36 bits per heavy atom. The molecule has 0 saturated heterocycles. The van der Waals surface area contributed by atoms with Gasteiger partial charge >= 0.3 is 0 Å². The molecule has 2 N–H and O–H groups in total. The van der Waals surface area contributed by atoms with E-state index in [9.17, 15) is 5.11 Å². The third kappa shape index (κ3) is 3.25. The van der Waals surface area contributed by atoms with Gasteiger partial charge in [0.2, 0.25) is 0 Å². The van der Waals surface area contributed by atoms with Gasteiger partial charge in [0.1, 0.15) is 0 Å². The number of rotatable bonds is 6. The lowest BCUT2D eigenvalue weighted by Gasteiger charge is -2.28. The molecule has 0 heterocycles. The van der Waals surface area contributed by atoms with Crippen molar-refractivity contribution in [3.8, 4) is 0 Å². The van der Waals surface area contributed by atoms with E-state index in [4.69, 9.17) is 0 Å². The maximum atomic E-state index is 9.77. The normalized spacial score (nSPS) is 22.1. The van der Waals surface area contributed by atoms with Gasteiger partial charge in [0.25, 0.3) is 0 Å². The average Bonchev–Trinajstić information content (AvgIpc) is 2.80. The van der Waals surface area contributed by atoms with Gasteiger partial charge in [0, 0.05) is 12.6 Å². The van der Waals surface area contributed by atoms with Crippen LogP contribution in [0.1, 0.15) is 53.4 Å². The molecular weight excluding hydrogens is 174 g/mol. The van der Waals surface area contributed by atoms with Crippen molar-refractivity contribution in [2.24, 2.45) is 5.41 Å². The van der Waals surface area contributed by atoms with Crippen molar-refractivity contribution in [2.75, 3.05) is 6.54 Å². The third-order valence-electron chi connectivity index (χ3n) is 3.58. The average molecular weight is 199 g/mol. The van der Waals surface area contributed by atoms with E-state index in [-0.39, 0.29) is 6.04 Å². The second-order valence-electron chi connectivity index (χ2n) is 5.51. The molecule has 0 aromatic carbocycles. The Kier molecular flexibility index (Phi) is 3.59.